The maximum atomic E-state index is 14.9. The van der Waals surface area contributed by atoms with E-state index in [-0.39, 0.29) is 35.5 Å². The number of fused-ring (bicyclic) bond motifs is 1. The molecule has 2 heterocycles. The lowest BCUT2D eigenvalue weighted by molar-refractivity contribution is -0.139. The standard InChI is InChI=1S/C27H33F2N3O5S/c1-37-15-16-5-6-20-18(9-16)7-8-32(27(36)31-13-17(14-31)10-23(33)34)24(20)26(35)30-19-11-21(28)25(22(29)12-19)38(2,3)4/h5-6,9,11-12,17,24H,7-8,10,13-15H2,1-4H3,(H,30,35)(H,33,34)/t24-/m1/s1. The summed E-state index contributed by atoms with van der Waals surface area (Å²) in [6, 6.07) is 6.36. The minimum absolute atomic E-state index is 0.00897. The summed E-state index contributed by atoms with van der Waals surface area (Å²) in [5, 5.41) is 11.6. The van der Waals surface area contributed by atoms with Gasteiger partial charge in [-0.3, -0.25) is 9.59 Å². The van der Waals surface area contributed by atoms with Crippen molar-refractivity contribution in [2.24, 2.45) is 5.92 Å². The van der Waals surface area contributed by atoms with Gasteiger partial charge < -0.3 is 25.0 Å². The number of anilines is 1. The third kappa shape index (κ3) is 5.78. The number of carbonyl (C=O) groups is 3. The SMILES string of the molecule is COCc1ccc2c(c1)CCN(C(=O)N1CC(CC(=O)O)C1)[C@H]2C(=O)Nc1cc(F)c(S(C)(C)C)c(F)c1. The highest BCUT2D eigenvalue weighted by Crippen LogP contribution is 2.48. The van der Waals surface area contributed by atoms with Gasteiger partial charge in [-0.25, -0.2) is 23.6 Å². The largest absolute Gasteiger partial charge is 0.481 e. The van der Waals surface area contributed by atoms with Crippen LogP contribution >= 0.6 is 10.0 Å². The molecule has 0 bridgehead atoms. The summed E-state index contributed by atoms with van der Waals surface area (Å²) in [7, 11) is -0.0963. The zero-order valence-electron chi connectivity index (χ0n) is 21.9. The molecule has 0 saturated carbocycles. The second-order valence-corrected chi connectivity index (χ2v) is 14.6. The summed E-state index contributed by atoms with van der Waals surface area (Å²) in [6.45, 7) is 1.24. The van der Waals surface area contributed by atoms with Crippen LogP contribution in [-0.2, 0) is 27.4 Å². The smallest absolute Gasteiger partial charge is 0.320 e. The van der Waals surface area contributed by atoms with Crippen LogP contribution in [0, 0.1) is 17.6 Å². The molecule has 2 aromatic rings. The van der Waals surface area contributed by atoms with Gasteiger partial charge in [-0.2, -0.15) is 0 Å². The first-order chi connectivity index (χ1) is 17.9. The number of likely N-dealkylation sites (tertiary alicyclic amines) is 1. The van der Waals surface area contributed by atoms with Gasteiger partial charge in [-0.1, -0.05) is 18.2 Å². The molecule has 0 radical (unpaired) electrons. The van der Waals surface area contributed by atoms with E-state index in [1.54, 1.807) is 31.9 Å². The molecule has 0 spiro atoms. The molecule has 1 atom stereocenters. The molecule has 1 fully saturated rings. The van der Waals surface area contributed by atoms with Crippen LogP contribution in [0.1, 0.15) is 29.2 Å². The number of carboxylic acids is 1. The Balaban J connectivity index is 1.63. The lowest BCUT2D eigenvalue weighted by Gasteiger charge is -2.45. The fourth-order valence-electron chi connectivity index (χ4n) is 5.14. The molecule has 8 nitrogen and oxygen atoms in total. The molecule has 1 saturated heterocycles. The third-order valence-electron chi connectivity index (χ3n) is 6.81. The molecule has 0 aliphatic carbocycles. The number of halogens is 2. The Morgan fingerprint density at radius 1 is 1.11 bits per heavy atom. The first kappa shape index (κ1) is 27.8. The van der Waals surface area contributed by atoms with Gasteiger partial charge in [0.15, 0.2) is 0 Å². The second-order valence-electron chi connectivity index (χ2n) is 10.6. The van der Waals surface area contributed by atoms with E-state index in [2.05, 4.69) is 5.32 Å². The Morgan fingerprint density at radius 2 is 1.76 bits per heavy atom. The van der Waals surface area contributed by atoms with Gasteiger partial charge in [0.1, 0.15) is 17.7 Å². The van der Waals surface area contributed by atoms with Crippen LogP contribution in [-0.4, -0.2) is 78.3 Å². The van der Waals surface area contributed by atoms with E-state index in [1.165, 1.54) is 9.80 Å². The van der Waals surface area contributed by atoms with Crippen LogP contribution in [0.15, 0.2) is 35.2 Å². The lowest BCUT2D eigenvalue weighted by Crippen LogP contribution is -2.58. The fraction of sp³-hybridized carbons (Fsp3) is 0.444. The van der Waals surface area contributed by atoms with E-state index in [4.69, 9.17) is 9.84 Å². The first-order valence-electron chi connectivity index (χ1n) is 12.2. The Kier molecular flexibility index (Phi) is 7.98. The maximum Gasteiger partial charge on any atom is 0.320 e. The number of amides is 3. The van der Waals surface area contributed by atoms with Crippen molar-refractivity contribution < 1.29 is 33.0 Å². The number of hydrogen-bond donors (Lipinski definition) is 2. The highest BCUT2D eigenvalue weighted by molar-refractivity contribution is 8.32. The summed E-state index contributed by atoms with van der Waals surface area (Å²) >= 11 is 0. The maximum absolute atomic E-state index is 14.9. The summed E-state index contributed by atoms with van der Waals surface area (Å²) in [4.78, 5) is 41.0. The number of ether oxygens (including phenoxy) is 1. The highest BCUT2D eigenvalue weighted by atomic mass is 32.3. The van der Waals surface area contributed by atoms with Crippen LogP contribution in [0.25, 0.3) is 0 Å². The van der Waals surface area contributed by atoms with E-state index >= 15 is 0 Å². The Hall–Kier alpha value is -3.18. The number of methoxy groups -OCH3 is 1. The Morgan fingerprint density at radius 3 is 2.34 bits per heavy atom. The van der Waals surface area contributed by atoms with Crippen LogP contribution in [0.5, 0.6) is 0 Å². The molecule has 3 amide bonds. The molecule has 2 aliphatic heterocycles. The molecule has 4 rings (SSSR count). The number of nitrogens with one attached hydrogen (secondary N) is 1. The third-order valence-corrected chi connectivity index (χ3v) is 8.42. The van der Waals surface area contributed by atoms with Crippen molar-refractivity contribution in [1.82, 2.24) is 9.80 Å². The van der Waals surface area contributed by atoms with E-state index in [0.29, 0.717) is 31.7 Å². The van der Waals surface area contributed by atoms with Gasteiger partial charge in [-0.15, -0.1) is 0 Å². The fourth-order valence-corrected chi connectivity index (χ4v) is 6.42. The molecule has 0 unspecified atom stereocenters. The number of urea groups is 1. The van der Waals surface area contributed by atoms with Gasteiger partial charge in [0.2, 0.25) is 0 Å². The average Bonchev–Trinajstić information content (AvgIpc) is 2.78. The number of carboxylic acid groups (broad SMARTS) is 1. The van der Waals surface area contributed by atoms with Crippen LogP contribution in [0.4, 0.5) is 19.3 Å². The van der Waals surface area contributed by atoms with E-state index in [0.717, 1.165) is 23.3 Å². The van der Waals surface area contributed by atoms with Crippen molar-refractivity contribution in [1.29, 1.82) is 0 Å². The summed E-state index contributed by atoms with van der Waals surface area (Å²) < 4.78 is 34.9. The zero-order valence-corrected chi connectivity index (χ0v) is 22.7. The molecular weight excluding hydrogens is 516 g/mol. The highest BCUT2D eigenvalue weighted by Gasteiger charge is 2.41. The number of nitrogens with zero attached hydrogens (tertiary/aromatic N) is 2. The van der Waals surface area contributed by atoms with Crippen molar-refractivity contribution in [2.45, 2.75) is 30.4 Å². The van der Waals surface area contributed by atoms with E-state index in [9.17, 15) is 23.2 Å². The Bertz CT molecular complexity index is 1240. The van der Waals surface area contributed by atoms with Gasteiger partial charge in [0.25, 0.3) is 5.91 Å². The Labute approximate surface area is 222 Å². The number of rotatable bonds is 7. The molecule has 2 N–H and O–H groups in total. The lowest BCUT2D eigenvalue weighted by atomic mass is 9.90. The molecular formula is C27H33F2N3O5S. The summed E-state index contributed by atoms with van der Waals surface area (Å²) in [5.74, 6) is -3.09. The van der Waals surface area contributed by atoms with Gasteiger partial charge >= 0.3 is 12.0 Å². The average molecular weight is 550 g/mol. The molecule has 11 heteroatoms. The van der Waals surface area contributed by atoms with Gasteiger partial charge in [0.05, 0.1) is 17.9 Å². The predicted molar refractivity (Wildman–Crippen MR) is 142 cm³/mol. The van der Waals surface area contributed by atoms with Gasteiger partial charge in [-0.05, 0) is 54.0 Å². The van der Waals surface area contributed by atoms with Crippen molar-refractivity contribution in [3.63, 3.8) is 0 Å². The van der Waals surface area contributed by atoms with Gasteiger partial charge in [0, 0.05) is 38.3 Å². The minimum Gasteiger partial charge on any atom is -0.481 e. The molecule has 0 aromatic heterocycles. The second kappa shape index (κ2) is 10.9. The van der Waals surface area contributed by atoms with Crippen molar-refractivity contribution in [3.05, 3.63) is 58.7 Å². The molecule has 2 aromatic carbocycles. The number of benzene rings is 2. The first-order valence-corrected chi connectivity index (χ1v) is 15.1. The topological polar surface area (TPSA) is 99.2 Å². The van der Waals surface area contributed by atoms with Crippen molar-refractivity contribution in [2.75, 3.05) is 50.8 Å². The van der Waals surface area contributed by atoms with Crippen LogP contribution in [0.2, 0.25) is 0 Å². The summed E-state index contributed by atoms with van der Waals surface area (Å²) in [6.07, 6.45) is 5.83. The van der Waals surface area contributed by atoms with Crippen LogP contribution < -0.4 is 5.32 Å². The quantitative estimate of drug-likeness (QED) is 0.539. The van der Waals surface area contributed by atoms with E-state index < -0.39 is 39.6 Å². The monoisotopic (exact) mass is 549 g/mol. The number of carbonyl (C=O) groups excluding carboxylic acids is 2. The van der Waals surface area contributed by atoms with Crippen molar-refractivity contribution >= 4 is 33.6 Å². The van der Waals surface area contributed by atoms with Crippen molar-refractivity contribution in [3.8, 4) is 0 Å². The predicted octanol–water partition coefficient (Wildman–Crippen LogP) is 4.23. The minimum atomic E-state index is -1.69. The molecule has 2 aliphatic rings. The zero-order chi connectivity index (χ0) is 27.8. The molecule has 206 valence electrons. The summed E-state index contributed by atoms with van der Waals surface area (Å²) in [5.41, 5.74) is 2.41. The number of aliphatic carboxylic acids is 1. The normalized spacial score (nSPS) is 18.0. The molecule has 38 heavy (non-hydrogen) atoms. The number of hydrogen-bond acceptors (Lipinski definition) is 4. The van der Waals surface area contributed by atoms with E-state index in [1.807, 2.05) is 12.1 Å². The van der Waals surface area contributed by atoms with Crippen LogP contribution in [0.3, 0.4) is 0 Å².